The van der Waals surface area contributed by atoms with E-state index >= 15 is 0 Å². The minimum absolute atomic E-state index is 0.358. The van der Waals surface area contributed by atoms with E-state index in [4.69, 9.17) is 4.74 Å². The van der Waals surface area contributed by atoms with E-state index < -0.39 is 0 Å². The first-order valence-electron chi connectivity index (χ1n) is 7.51. The number of hydrogen-bond donors (Lipinski definition) is 1. The molecule has 2 aromatic rings. The van der Waals surface area contributed by atoms with Crippen molar-refractivity contribution in [1.82, 2.24) is 19.9 Å². The summed E-state index contributed by atoms with van der Waals surface area (Å²) in [6.07, 6.45) is 2.78. The highest BCUT2D eigenvalue weighted by Gasteiger charge is 2.23. The second-order valence-electron chi connectivity index (χ2n) is 5.56. The monoisotopic (exact) mass is 299 g/mol. The lowest BCUT2D eigenvalue weighted by Gasteiger charge is -2.16. The molecule has 0 radical (unpaired) electrons. The average Bonchev–Trinajstić information content (AvgIpc) is 2.94. The van der Waals surface area contributed by atoms with Gasteiger partial charge in [0.15, 0.2) is 0 Å². The summed E-state index contributed by atoms with van der Waals surface area (Å²) in [7, 11) is 1.61. The summed E-state index contributed by atoms with van der Waals surface area (Å²) in [5, 5.41) is 3.38. The Morgan fingerprint density at radius 2 is 2.23 bits per heavy atom. The number of aryl methyl sites for hydroxylation is 1. The fourth-order valence-electron chi connectivity index (χ4n) is 2.72. The summed E-state index contributed by atoms with van der Waals surface area (Å²) < 4.78 is 5.12. The SMILES string of the molecule is COc1ccnc(NC2CCN(Cc3cccc(C)n3)C2)n1. The Bertz CT molecular complexity index is 633. The van der Waals surface area contributed by atoms with Crippen LogP contribution in [0.2, 0.25) is 0 Å². The number of nitrogens with one attached hydrogen (secondary N) is 1. The van der Waals surface area contributed by atoms with Crippen LogP contribution in [0.1, 0.15) is 17.8 Å². The van der Waals surface area contributed by atoms with E-state index in [2.05, 4.69) is 37.3 Å². The molecule has 0 spiro atoms. The van der Waals surface area contributed by atoms with Gasteiger partial charge in [-0.1, -0.05) is 6.07 Å². The minimum atomic E-state index is 0.358. The quantitative estimate of drug-likeness (QED) is 0.909. The lowest BCUT2D eigenvalue weighted by molar-refractivity contribution is 0.324. The average molecular weight is 299 g/mol. The van der Waals surface area contributed by atoms with Crippen LogP contribution in [0.25, 0.3) is 0 Å². The third kappa shape index (κ3) is 3.71. The van der Waals surface area contributed by atoms with Crippen molar-refractivity contribution in [2.45, 2.75) is 25.9 Å². The van der Waals surface area contributed by atoms with Gasteiger partial charge in [-0.2, -0.15) is 4.98 Å². The number of ether oxygens (including phenoxy) is 1. The molecule has 1 fully saturated rings. The number of aromatic nitrogens is 3. The van der Waals surface area contributed by atoms with Gasteiger partial charge < -0.3 is 10.1 Å². The van der Waals surface area contributed by atoms with E-state index in [-0.39, 0.29) is 0 Å². The largest absolute Gasteiger partial charge is 0.481 e. The van der Waals surface area contributed by atoms with Crippen molar-refractivity contribution in [1.29, 1.82) is 0 Å². The highest BCUT2D eigenvalue weighted by molar-refractivity contribution is 5.29. The smallest absolute Gasteiger partial charge is 0.226 e. The maximum atomic E-state index is 5.12. The van der Waals surface area contributed by atoms with Gasteiger partial charge in [0.05, 0.1) is 12.8 Å². The maximum absolute atomic E-state index is 5.12. The minimum Gasteiger partial charge on any atom is -0.481 e. The molecule has 3 rings (SSSR count). The third-order valence-electron chi connectivity index (χ3n) is 3.78. The predicted molar refractivity (Wildman–Crippen MR) is 84.9 cm³/mol. The van der Waals surface area contributed by atoms with Gasteiger partial charge in [0.1, 0.15) is 0 Å². The molecule has 1 aliphatic rings. The van der Waals surface area contributed by atoms with E-state index in [9.17, 15) is 0 Å². The molecular weight excluding hydrogens is 278 g/mol. The van der Waals surface area contributed by atoms with Gasteiger partial charge in [-0.3, -0.25) is 9.88 Å². The molecule has 1 aliphatic heterocycles. The molecule has 3 heterocycles. The summed E-state index contributed by atoms with van der Waals surface area (Å²) >= 11 is 0. The Labute approximate surface area is 130 Å². The molecule has 6 heteroatoms. The first kappa shape index (κ1) is 14.7. The fourth-order valence-corrected chi connectivity index (χ4v) is 2.72. The van der Waals surface area contributed by atoms with Crippen molar-refractivity contribution in [3.8, 4) is 5.88 Å². The normalized spacial score (nSPS) is 18.4. The molecule has 0 aromatic carbocycles. The maximum Gasteiger partial charge on any atom is 0.226 e. The van der Waals surface area contributed by atoms with E-state index in [0.717, 1.165) is 37.4 Å². The van der Waals surface area contributed by atoms with Crippen LogP contribution in [0.3, 0.4) is 0 Å². The van der Waals surface area contributed by atoms with Crippen LogP contribution in [0, 0.1) is 6.92 Å². The first-order valence-corrected chi connectivity index (χ1v) is 7.51. The third-order valence-corrected chi connectivity index (χ3v) is 3.78. The topological polar surface area (TPSA) is 63.2 Å². The summed E-state index contributed by atoms with van der Waals surface area (Å²) in [5.74, 6) is 1.20. The fraction of sp³-hybridized carbons (Fsp3) is 0.438. The number of rotatable bonds is 5. The predicted octanol–water partition coefficient (Wildman–Crippen LogP) is 1.88. The summed E-state index contributed by atoms with van der Waals surface area (Å²) in [6.45, 7) is 4.93. The van der Waals surface area contributed by atoms with Gasteiger partial charge in [0.2, 0.25) is 11.8 Å². The summed E-state index contributed by atoms with van der Waals surface area (Å²) in [4.78, 5) is 15.5. The molecular formula is C16H21N5O. The molecule has 0 bridgehead atoms. The number of nitrogens with zero attached hydrogens (tertiary/aromatic N) is 4. The summed E-state index contributed by atoms with van der Waals surface area (Å²) in [5.41, 5.74) is 2.19. The van der Waals surface area contributed by atoms with Crippen molar-refractivity contribution in [2.24, 2.45) is 0 Å². The Kier molecular flexibility index (Phi) is 4.48. The number of hydrogen-bond acceptors (Lipinski definition) is 6. The van der Waals surface area contributed by atoms with Gasteiger partial charge in [-0.05, 0) is 25.5 Å². The molecule has 1 atom stereocenters. The second-order valence-corrected chi connectivity index (χ2v) is 5.56. The van der Waals surface area contributed by atoms with Gasteiger partial charge >= 0.3 is 0 Å². The molecule has 1 saturated heterocycles. The molecule has 6 nitrogen and oxygen atoms in total. The highest BCUT2D eigenvalue weighted by atomic mass is 16.5. The zero-order valence-electron chi connectivity index (χ0n) is 13.0. The van der Waals surface area contributed by atoms with Crippen LogP contribution in [0.15, 0.2) is 30.5 Å². The highest BCUT2D eigenvalue weighted by Crippen LogP contribution is 2.16. The Morgan fingerprint density at radius 3 is 3.05 bits per heavy atom. The molecule has 2 aromatic heterocycles. The van der Waals surface area contributed by atoms with Crippen molar-refractivity contribution < 1.29 is 4.74 Å². The van der Waals surface area contributed by atoms with E-state index in [0.29, 0.717) is 17.9 Å². The Balaban J connectivity index is 1.55. The van der Waals surface area contributed by atoms with E-state index in [1.54, 1.807) is 19.4 Å². The standard InChI is InChI=1S/C16H21N5O/c1-12-4-3-5-13(18-12)10-21-9-7-14(11-21)19-16-17-8-6-15(20-16)22-2/h3-6,8,14H,7,9-11H2,1-2H3,(H,17,19,20). The van der Waals surface area contributed by atoms with Crippen LogP contribution in [-0.4, -0.2) is 46.1 Å². The molecule has 0 amide bonds. The van der Waals surface area contributed by atoms with Gasteiger partial charge in [0.25, 0.3) is 0 Å². The van der Waals surface area contributed by atoms with E-state index in [1.165, 1.54) is 0 Å². The lowest BCUT2D eigenvalue weighted by Crippen LogP contribution is -2.27. The first-order chi connectivity index (χ1) is 10.7. The zero-order valence-corrected chi connectivity index (χ0v) is 13.0. The zero-order chi connectivity index (χ0) is 15.4. The van der Waals surface area contributed by atoms with Crippen molar-refractivity contribution in [3.63, 3.8) is 0 Å². The molecule has 1 N–H and O–H groups in total. The van der Waals surface area contributed by atoms with Gasteiger partial charge in [-0.25, -0.2) is 4.98 Å². The Morgan fingerprint density at radius 1 is 1.32 bits per heavy atom. The van der Waals surface area contributed by atoms with Crippen LogP contribution in [0.5, 0.6) is 5.88 Å². The molecule has 116 valence electrons. The van der Waals surface area contributed by atoms with Crippen molar-refractivity contribution >= 4 is 5.95 Å². The molecule has 1 unspecified atom stereocenters. The van der Waals surface area contributed by atoms with Gasteiger partial charge in [-0.15, -0.1) is 0 Å². The second kappa shape index (κ2) is 6.70. The van der Waals surface area contributed by atoms with Crippen LogP contribution in [0.4, 0.5) is 5.95 Å². The van der Waals surface area contributed by atoms with Crippen molar-refractivity contribution in [3.05, 3.63) is 41.9 Å². The molecule has 0 aliphatic carbocycles. The Hall–Kier alpha value is -2.21. The van der Waals surface area contributed by atoms with E-state index in [1.807, 2.05) is 13.0 Å². The number of anilines is 1. The number of methoxy groups -OCH3 is 1. The number of likely N-dealkylation sites (tertiary alicyclic amines) is 1. The van der Waals surface area contributed by atoms with Crippen molar-refractivity contribution in [2.75, 3.05) is 25.5 Å². The van der Waals surface area contributed by atoms with Crippen LogP contribution >= 0.6 is 0 Å². The lowest BCUT2D eigenvalue weighted by atomic mass is 10.3. The van der Waals surface area contributed by atoms with Crippen LogP contribution in [-0.2, 0) is 6.54 Å². The molecule has 0 saturated carbocycles. The number of pyridine rings is 1. The van der Waals surface area contributed by atoms with Gasteiger partial charge in [0, 0.05) is 43.6 Å². The van der Waals surface area contributed by atoms with Crippen LogP contribution < -0.4 is 10.1 Å². The summed E-state index contributed by atoms with van der Waals surface area (Å²) in [6, 6.07) is 8.27. The molecule has 22 heavy (non-hydrogen) atoms.